The Kier molecular flexibility index (Phi) is 2.97. The van der Waals surface area contributed by atoms with E-state index in [2.05, 4.69) is 11.9 Å². The van der Waals surface area contributed by atoms with Crippen LogP contribution < -0.4 is 0 Å². The van der Waals surface area contributed by atoms with Crippen LogP contribution in [-0.4, -0.2) is 21.8 Å². The maximum Gasteiger partial charge on any atom is 0.356 e. The van der Waals surface area contributed by atoms with E-state index in [1.54, 1.807) is 6.07 Å². The third-order valence-electron chi connectivity index (χ3n) is 3.46. The molecule has 104 valence electrons. The van der Waals surface area contributed by atoms with Gasteiger partial charge in [0, 0.05) is 12.8 Å². The number of carboxylic acid groups (broad SMARTS) is 1. The van der Waals surface area contributed by atoms with Crippen molar-refractivity contribution in [3.8, 4) is 10.8 Å². The van der Waals surface area contributed by atoms with Crippen molar-refractivity contribution < 1.29 is 19.1 Å². The number of carboxylic acids is 1. The van der Waals surface area contributed by atoms with Crippen molar-refractivity contribution in [3.63, 3.8) is 0 Å². The van der Waals surface area contributed by atoms with Crippen LogP contribution in [0.2, 0.25) is 0 Å². The first kappa shape index (κ1) is 13.1. The molecule has 20 heavy (non-hydrogen) atoms. The standard InChI is InChI=1S/C14H13NO4S/c1-6-5-8(6)9-3-4-10(19-9)13-15-11(14(17)18)12(20-13)7(2)16/h3-4,6,8H,5H2,1-2H3,(H,17,18). The maximum absolute atomic E-state index is 11.5. The molecule has 0 aromatic carbocycles. The number of carbonyl (C=O) groups excluding carboxylic acids is 1. The molecule has 0 aliphatic heterocycles. The van der Waals surface area contributed by atoms with Crippen molar-refractivity contribution in [2.75, 3.05) is 0 Å². The van der Waals surface area contributed by atoms with Gasteiger partial charge in [0.2, 0.25) is 0 Å². The summed E-state index contributed by atoms with van der Waals surface area (Å²) in [5.41, 5.74) is -0.199. The second-order valence-electron chi connectivity index (χ2n) is 5.08. The molecule has 3 rings (SSSR count). The first-order valence-electron chi connectivity index (χ1n) is 6.32. The molecule has 0 saturated heterocycles. The molecule has 2 aromatic rings. The number of Topliss-reactive ketones (excluding diaryl/α,β-unsaturated/α-hetero) is 1. The molecule has 1 aliphatic carbocycles. The number of aromatic carboxylic acids is 1. The highest BCUT2D eigenvalue weighted by atomic mass is 32.1. The first-order chi connectivity index (χ1) is 9.47. The van der Waals surface area contributed by atoms with E-state index >= 15 is 0 Å². The Morgan fingerprint density at radius 2 is 2.15 bits per heavy atom. The molecular formula is C14H13NO4S. The van der Waals surface area contributed by atoms with E-state index in [0.717, 1.165) is 23.5 Å². The zero-order valence-electron chi connectivity index (χ0n) is 11.0. The normalized spacial score (nSPS) is 20.9. The summed E-state index contributed by atoms with van der Waals surface area (Å²) < 4.78 is 5.74. The average Bonchev–Trinajstić information content (AvgIpc) is 2.87. The number of thiazole rings is 1. The molecule has 1 fully saturated rings. The highest BCUT2D eigenvalue weighted by molar-refractivity contribution is 7.17. The predicted molar refractivity (Wildman–Crippen MR) is 73.3 cm³/mol. The van der Waals surface area contributed by atoms with Crippen LogP contribution >= 0.6 is 11.3 Å². The van der Waals surface area contributed by atoms with Crippen molar-refractivity contribution in [3.05, 3.63) is 28.5 Å². The summed E-state index contributed by atoms with van der Waals surface area (Å²) in [4.78, 5) is 26.7. The van der Waals surface area contributed by atoms with Gasteiger partial charge in [0.15, 0.2) is 22.2 Å². The lowest BCUT2D eigenvalue weighted by molar-refractivity contribution is 0.0687. The monoisotopic (exact) mass is 291 g/mol. The fraction of sp³-hybridized carbons (Fsp3) is 0.357. The lowest BCUT2D eigenvalue weighted by atomic mass is 10.3. The number of rotatable bonds is 4. The highest BCUT2D eigenvalue weighted by Crippen LogP contribution is 2.48. The highest BCUT2D eigenvalue weighted by Gasteiger charge is 2.37. The van der Waals surface area contributed by atoms with Crippen LogP contribution in [0.25, 0.3) is 10.8 Å². The van der Waals surface area contributed by atoms with Gasteiger partial charge in [0.1, 0.15) is 10.6 Å². The van der Waals surface area contributed by atoms with Crippen LogP contribution in [0.4, 0.5) is 0 Å². The quantitative estimate of drug-likeness (QED) is 0.873. The summed E-state index contributed by atoms with van der Waals surface area (Å²) in [6, 6.07) is 3.69. The Balaban J connectivity index is 1.97. The van der Waals surface area contributed by atoms with E-state index in [9.17, 15) is 9.59 Å². The third-order valence-corrected chi connectivity index (χ3v) is 4.63. The Hall–Kier alpha value is -1.95. The van der Waals surface area contributed by atoms with Gasteiger partial charge in [-0.15, -0.1) is 11.3 Å². The van der Waals surface area contributed by atoms with E-state index < -0.39 is 5.97 Å². The van der Waals surface area contributed by atoms with Gasteiger partial charge in [0.05, 0.1) is 0 Å². The minimum Gasteiger partial charge on any atom is -0.476 e. The van der Waals surface area contributed by atoms with Crippen molar-refractivity contribution in [1.82, 2.24) is 4.98 Å². The summed E-state index contributed by atoms with van der Waals surface area (Å²) in [5.74, 6) is 1.03. The van der Waals surface area contributed by atoms with Crippen molar-refractivity contribution in [1.29, 1.82) is 0 Å². The van der Waals surface area contributed by atoms with Gasteiger partial charge in [-0.3, -0.25) is 4.79 Å². The van der Waals surface area contributed by atoms with Crippen molar-refractivity contribution in [2.24, 2.45) is 5.92 Å². The third kappa shape index (κ3) is 2.16. The predicted octanol–water partition coefficient (Wildman–Crippen LogP) is 3.43. The zero-order chi connectivity index (χ0) is 14.4. The van der Waals surface area contributed by atoms with Crippen LogP contribution in [0, 0.1) is 5.92 Å². The summed E-state index contributed by atoms with van der Waals surface area (Å²) in [5, 5.41) is 9.51. The molecule has 2 unspecified atom stereocenters. The molecule has 2 aromatic heterocycles. The maximum atomic E-state index is 11.5. The second-order valence-corrected chi connectivity index (χ2v) is 6.08. The molecule has 0 radical (unpaired) electrons. The largest absolute Gasteiger partial charge is 0.476 e. The van der Waals surface area contributed by atoms with Gasteiger partial charge in [0.25, 0.3) is 0 Å². The number of furan rings is 1. The fourth-order valence-electron chi connectivity index (χ4n) is 2.19. The van der Waals surface area contributed by atoms with Gasteiger partial charge in [-0.1, -0.05) is 6.92 Å². The molecule has 1 saturated carbocycles. The van der Waals surface area contributed by atoms with Gasteiger partial charge in [-0.05, 0) is 24.5 Å². The van der Waals surface area contributed by atoms with E-state index in [0.29, 0.717) is 22.6 Å². The van der Waals surface area contributed by atoms with Crippen LogP contribution in [0.1, 0.15) is 52.1 Å². The first-order valence-corrected chi connectivity index (χ1v) is 7.14. The summed E-state index contributed by atoms with van der Waals surface area (Å²) >= 11 is 1.06. The van der Waals surface area contributed by atoms with Gasteiger partial charge in [-0.2, -0.15) is 0 Å². The zero-order valence-corrected chi connectivity index (χ0v) is 11.9. The lowest BCUT2D eigenvalue weighted by Crippen LogP contribution is -2.03. The molecule has 2 heterocycles. The fourth-order valence-corrected chi connectivity index (χ4v) is 3.11. The van der Waals surface area contributed by atoms with Crippen LogP contribution in [0.15, 0.2) is 16.5 Å². The van der Waals surface area contributed by atoms with E-state index in [4.69, 9.17) is 9.52 Å². The summed E-state index contributed by atoms with van der Waals surface area (Å²) in [7, 11) is 0. The van der Waals surface area contributed by atoms with Gasteiger partial charge >= 0.3 is 5.97 Å². The SMILES string of the molecule is CC(=O)c1sc(-c2ccc(C3CC3C)o2)nc1C(=O)O. The van der Waals surface area contributed by atoms with Crippen molar-refractivity contribution >= 4 is 23.1 Å². The summed E-state index contributed by atoms with van der Waals surface area (Å²) in [6.07, 6.45) is 1.11. The number of aromatic nitrogens is 1. The Morgan fingerprint density at radius 1 is 1.45 bits per heavy atom. The molecule has 1 N–H and O–H groups in total. The van der Waals surface area contributed by atoms with Crippen LogP contribution in [0.5, 0.6) is 0 Å². The molecule has 0 amide bonds. The topological polar surface area (TPSA) is 80.4 Å². The smallest absolute Gasteiger partial charge is 0.356 e. The number of carbonyl (C=O) groups is 2. The number of ketones is 1. The Bertz CT molecular complexity index is 668. The minimum absolute atomic E-state index is 0.158. The van der Waals surface area contributed by atoms with E-state index in [-0.39, 0.29) is 16.4 Å². The number of hydrogen-bond acceptors (Lipinski definition) is 5. The molecule has 0 spiro atoms. The van der Waals surface area contributed by atoms with Crippen LogP contribution in [-0.2, 0) is 0 Å². The van der Waals surface area contributed by atoms with E-state index in [1.807, 2.05) is 6.07 Å². The van der Waals surface area contributed by atoms with Gasteiger partial charge in [-0.25, -0.2) is 9.78 Å². The molecular weight excluding hydrogens is 278 g/mol. The summed E-state index contributed by atoms with van der Waals surface area (Å²) in [6.45, 7) is 3.50. The number of hydrogen-bond donors (Lipinski definition) is 1. The molecule has 5 nitrogen and oxygen atoms in total. The lowest BCUT2D eigenvalue weighted by Gasteiger charge is -1.91. The molecule has 0 bridgehead atoms. The van der Waals surface area contributed by atoms with Gasteiger partial charge < -0.3 is 9.52 Å². The average molecular weight is 291 g/mol. The molecule has 2 atom stereocenters. The van der Waals surface area contributed by atoms with E-state index in [1.165, 1.54) is 6.92 Å². The van der Waals surface area contributed by atoms with Crippen LogP contribution in [0.3, 0.4) is 0 Å². The Labute approximate surface area is 119 Å². The minimum atomic E-state index is -1.19. The second kappa shape index (κ2) is 4.56. The molecule has 1 aliphatic rings. The Morgan fingerprint density at radius 3 is 2.65 bits per heavy atom. The number of nitrogens with zero attached hydrogens (tertiary/aromatic N) is 1. The molecule has 6 heteroatoms. The van der Waals surface area contributed by atoms with Crippen molar-refractivity contribution in [2.45, 2.75) is 26.2 Å².